The van der Waals surface area contributed by atoms with E-state index in [0.29, 0.717) is 5.57 Å². The second kappa shape index (κ2) is 5.43. The summed E-state index contributed by atoms with van der Waals surface area (Å²) >= 11 is 0. The van der Waals surface area contributed by atoms with E-state index in [0.717, 1.165) is 19.3 Å². The molecule has 0 amide bonds. The monoisotopic (exact) mass is 256 g/mol. The molecule has 1 aromatic rings. The predicted octanol–water partition coefficient (Wildman–Crippen LogP) is 3.61. The first-order chi connectivity index (χ1) is 9.06. The molecule has 19 heavy (non-hydrogen) atoms. The van der Waals surface area contributed by atoms with E-state index in [1.165, 1.54) is 11.1 Å². The van der Waals surface area contributed by atoms with Crippen molar-refractivity contribution < 1.29 is 9.53 Å². The zero-order valence-electron chi connectivity index (χ0n) is 11.6. The molecule has 0 saturated carbocycles. The lowest BCUT2D eigenvalue weighted by Crippen LogP contribution is -2.35. The smallest absolute Gasteiger partial charge is 0.333 e. The number of ether oxygens (including phenoxy) is 1. The highest BCUT2D eigenvalue weighted by Gasteiger charge is 2.39. The summed E-state index contributed by atoms with van der Waals surface area (Å²) in [6.45, 7) is 7.34. The van der Waals surface area contributed by atoms with E-state index >= 15 is 0 Å². The van der Waals surface area contributed by atoms with Crippen molar-refractivity contribution in [3.05, 3.63) is 59.7 Å². The second-order valence-electron chi connectivity index (χ2n) is 5.25. The van der Waals surface area contributed by atoms with Crippen molar-refractivity contribution in [1.29, 1.82) is 0 Å². The van der Waals surface area contributed by atoms with Crippen molar-refractivity contribution in [2.24, 2.45) is 0 Å². The normalized spacial score (nSPS) is 16.3. The molecule has 1 aromatic carbocycles. The average molecular weight is 256 g/mol. The Morgan fingerprint density at radius 3 is 2.42 bits per heavy atom. The van der Waals surface area contributed by atoms with Crippen LogP contribution < -0.4 is 0 Å². The molecule has 0 aliphatic heterocycles. The highest BCUT2D eigenvalue weighted by Crippen LogP contribution is 2.36. The fraction of sp³-hybridized carbons (Fsp3) is 0.353. The third kappa shape index (κ3) is 2.95. The minimum Gasteiger partial charge on any atom is -0.455 e. The van der Waals surface area contributed by atoms with Crippen LogP contribution in [0.2, 0.25) is 0 Å². The Morgan fingerprint density at radius 2 is 1.95 bits per heavy atom. The average Bonchev–Trinajstić information content (AvgIpc) is 2.74. The van der Waals surface area contributed by atoms with Gasteiger partial charge in [0.15, 0.2) is 0 Å². The standard InChI is InChI=1S/C17H20O2/c1-4-5-10-17(19-16(18)13(2)3)11-14-8-6-7-9-15(14)12-17/h4-9H,2,10-12H2,1,3H3/b5-4+. The number of benzene rings is 1. The molecule has 0 saturated heterocycles. The Balaban J connectivity index is 2.24. The predicted molar refractivity (Wildman–Crippen MR) is 76.9 cm³/mol. The van der Waals surface area contributed by atoms with Gasteiger partial charge in [-0.3, -0.25) is 0 Å². The van der Waals surface area contributed by atoms with Gasteiger partial charge in [-0.2, -0.15) is 0 Å². The van der Waals surface area contributed by atoms with Crippen LogP contribution >= 0.6 is 0 Å². The van der Waals surface area contributed by atoms with Gasteiger partial charge in [-0.1, -0.05) is 43.0 Å². The second-order valence-corrected chi connectivity index (χ2v) is 5.25. The zero-order chi connectivity index (χ0) is 13.9. The SMILES string of the molecule is C=C(C)C(=O)OC1(C/C=C/C)Cc2ccccc2C1. The molecule has 2 heteroatoms. The number of allylic oxidation sites excluding steroid dienone is 1. The van der Waals surface area contributed by atoms with Crippen LogP contribution in [0.3, 0.4) is 0 Å². The van der Waals surface area contributed by atoms with E-state index in [-0.39, 0.29) is 5.97 Å². The number of esters is 1. The summed E-state index contributed by atoms with van der Waals surface area (Å²) in [5, 5.41) is 0. The lowest BCUT2D eigenvalue weighted by molar-refractivity contribution is -0.153. The third-order valence-electron chi connectivity index (χ3n) is 3.53. The molecule has 1 aliphatic carbocycles. The van der Waals surface area contributed by atoms with E-state index in [9.17, 15) is 4.79 Å². The van der Waals surface area contributed by atoms with Crippen LogP contribution in [0.1, 0.15) is 31.4 Å². The van der Waals surface area contributed by atoms with Crippen LogP contribution in [0, 0.1) is 0 Å². The van der Waals surface area contributed by atoms with Gasteiger partial charge in [-0.15, -0.1) is 0 Å². The first kappa shape index (κ1) is 13.6. The van der Waals surface area contributed by atoms with Gasteiger partial charge in [0.25, 0.3) is 0 Å². The molecule has 2 nitrogen and oxygen atoms in total. The molecule has 0 N–H and O–H groups in total. The van der Waals surface area contributed by atoms with Crippen LogP contribution in [0.5, 0.6) is 0 Å². The Kier molecular flexibility index (Phi) is 3.89. The van der Waals surface area contributed by atoms with Crippen molar-refractivity contribution in [3.63, 3.8) is 0 Å². The number of rotatable bonds is 4. The lowest BCUT2D eigenvalue weighted by atomic mass is 9.95. The maximum Gasteiger partial charge on any atom is 0.333 e. The van der Waals surface area contributed by atoms with Crippen LogP contribution in [-0.4, -0.2) is 11.6 Å². The van der Waals surface area contributed by atoms with Crippen LogP contribution in [0.25, 0.3) is 0 Å². The summed E-state index contributed by atoms with van der Waals surface area (Å²) in [5.74, 6) is -0.294. The summed E-state index contributed by atoms with van der Waals surface area (Å²) < 4.78 is 5.76. The van der Waals surface area contributed by atoms with Gasteiger partial charge in [0.1, 0.15) is 5.60 Å². The first-order valence-electron chi connectivity index (χ1n) is 6.63. The number of fused-ring (bicyclic) bond motifs is 1. The Hall–Kier alpha value is -1.83. The van der Waals surface area contributed by atoms with Crippen LogP contribution in [0.15, 0.2) is 48.6 Å². The molecule has 0 spiro atoms. The van der Waals surface area contributed by atoms with E-state index in [4.69, 9.17) is 4.74 Å². The number of hydrogen-bond donors (Lipinski definition) is 0. The van der Waals surface area contributed by atoms with Gasteiger partial charge >= 0.3 is 5.97 Å². The molecule has 0 unspecified atom stereocenters. The highest BCUT2D eigenvalue weighted by molar-refractivity contribution is 5.87. The molecule has 0 fully saturated rings. The summed E-state index contributed by atoms with van der Waals surface area (Å²) in [4.78, 5) is 11.9. The number of carbonyl (C=O) groups is 1. The van der Waals surface area contributed by atoms with Gasteiger partial charge < -0.3 is 4.74 Å². The van der Waals surface area contributed by atoms with E-state index < -0.39 is 5.60 Å². The third-order valence-corrected chi connectivity index (χ3v) is 3.53. The van der Waals surface area contributed by atoms with Gasteiger partial charge in [0, 0.05) is 24.8 Å². The van der Waals surface area contributed by atoms with Crippen molar-refractivity contribution >= 4 is 5.97 Å². The fourth-order valence-corrected chi connectivity index (χ4v) is 2.53. The molecule has 1 aliphatic rings. The van der Waals surface area contributed by atoms with E-state index in [1.807, 2.05) is 25.1 Å². The van der Waals surface area contributed by atoms with Crippen LogP contribution in [0.4, 0.5) is 0 Å². The zero-order valence-corrected chi connectivity index (χ0v) is 11.6. The molecule has 0 bridgehead atoms. The molecule has 0 radical (unpaired) electrons. The van der Waals surface area contributed by atoms with E-state index in [2.05, 4.69) is 24.8 Å². The van der Waals surface area contributed by atoms with Gasteiger partial charge in [0.2, 0.25) is 0 Å². The Labute approximate surface area is 114 Å². The number of hydrogen-bond acceptors (Lipinski definition) is 2. The fourth-order valence-electron chi connectivity index (χ4n) is 2.53. The lowest BCUT2D eigenvalue weighted by Gasteiger charge is -2.28. The molecular formula is C17H20O2. The Bertz CT molecular complexity index is 501. The highest BCUT2D eigenvalue weighted by atomic mass is 16.6. The maximum atomic E-state index is 11.9. The molecular weight excluding hydrogens is 236 g/mol. The largest absolute Gasteiger partial charge is 0.455 e. The molecule has 0 heterocycles. The van der Waals surface area contributed by atoms with Gasteiger partial charge in [-0.05, 0) is 25.0 Å². The summed E-state index contributed by atoms with van der Waals surface area (Å²) in [6.07, 6.45) is 6.38. The van der Waals surface area contributed by atoms with Crippen molar-refractivity contribution in [2.75, 3.05) is 0 Å². The van der Waals surface area contributed by atoms with Crippen molar-refractivity contribution in [2.45, 2.75) is 38.7 Å². The van der Waals surface area contributed by atoms with Gasteiger partial charge in [-0.25, -0.2) is 4.79 Å². The van der Waals surface area contributed by atoms with Crippen molar-refractivity contribution in [3.8, 4) is 0 Å². The quantitative estimate of drug-likeness (QED) is 0.467. The number of carbonyl (C=O) groups excluding carboxylic acids is 1. The summed E-state index contributed by atoms with van der Waals surface area (Å²) in [6, 6.07) is 8.29. The molecule has 100 valence electrons. The minimum absolute atomic E-state index is 0.294. The molecule has 0 atom stereocenters. The molecule has 0 aromatic heterocycles. The maximum absolute atomic E-state index is 11.9. The minimum atomic E-state index is -0.438. The van der Waals surface area contributed by atoms with Gasteiger partial charge in [0.05, 0.1) is 0 Å². The Morgan fingerprint density at radius 1 is 1.37 bits per heavy atom. The first-order valence-corrected chi connectivity index (χ1v) is 6.63. The topological polar surface area (TPSA) is 26.3 Å². The van der Waals surface area contributed by atoms with Crippen LogP contribution in [-0.2, 0) is 22.4 Å². The summed E-state index contributed by atoms with van der Waals surface area (Å²) in [5.41, 5.74) is 2.57. The van der Waals surface area contributed by atoms with Crippen molar-refractivity contribution in [1.82, 2.24) is 0 Å². The molecule has 2 rings (SSSR count). The summed E-state index contributed by atoms with van der Waals surface area (Å²) in [7, 11) is 0. The van der Waals surface area contributed by atoms with E-state index in [1.54, 1.807) is 6.92 Å².